The van der Waals surface area contributed by atoms with Gasteiger partial charge in [0.15, 0.2) is 29.3 Å². The van der Waals surface area contributed by atoms with Crippen molar-refractivity contribution >= 4 is 5.91 Å². The van der Waals surface area contributed by atoms with Crippen LogP contribution < -0.4 is 45.9 Å². The molecule has 13 heteroatoms. The van der Waals surface area contributed by atoms with Crippen LogP contribution in [0.15, 0.2) is 24.3 Å². The minimum Gasteiger partial charge on any atom is -0.502 e. The van der Waals surface area contributed by atoms with E-state index in [4.69, 9.17) is 29.4 Å². The molecule has 8 N–H and O–H groups in total. The van der Waals surface area contributed by atoms with E-state index in [9.17, 15) is 15.0 Å². The van der Waals surface area contributed by atoms with Gasteiger partial charge in [0.2, 0.25) is 18.4 Å². The van der Waals surface area contributed by atoms with Crippen molar-refractivity contribution in [3.8, 4) is 28.7 Å². The van der Waals surface area contributed by atoms with E-state index < -0.39 is 12.3 Å². The molecule has 1 unspecified atom stereocenters. The highest BCUT2D eigenvalue weighted by Gasteiger charge is 2.52. The fourth-order valence-electron chi connectivity index (χ4n) is 7.06. The predicted molar refractivity (Wildman–Crippen MR) is 181 cm³/mol. The van der Waals surface area contributed by atoms with Gasteiger partial charge in [-0.3, -0.25) is 4.79 Å². The van der Waals surface area contributed by atoms with Crippen LogP contribution in [0.2, 0.25) is 0 Å². The molecule has 2 aromatic rings. The summed E-state index contributed by atoms with van der Waals surface area (Å²) in [6.45, 7) is 6.90. The third-order valence-electron chi connectivity index (χ3n) is 9.50. The number of benzene rings is 2. The number of nitrogens with one attached hydrogen (secondary N) is 4. The van der Waals surface area contributed by atoms with Gasteiger partial charge in [-0.25, -0.2) is 0 Å². The summed E-state index contributed by atoms with van der Waals surface area (Å²) >= 11 is 0. The van der Waals surface area contributed by atoms with Gasteiger partial charge in [-0.1, -0.05) is 0 Å². The van der Waals surface area contributed by atoms with Gasteiger partial charge in [0.1, 0.15) is 0 Å². The standard InChI is InChI=1S/C35H53N5O8/c1-44-28-16-22(17-29(45-2)34(28)42)31-23-18-26-27(48-21-47-26)19-24(23)33(25-20-46-35(43)32(25)31)40-30(41)8-3-4-10-37-12-6-14-39-15-7-13-38-11-5-9-36/h16-19,25,31-33,35,37-39,42-43H,3-15,20-21,36H2,1-2H3,(H,40,41)/t25-,31+,32-,33+,35?/m0/s1. The Balaban J connectivity index is 1.17. The molecule has 13 nitrogen and oxygen atoms in total. The van der Waals surface area contributed by atoms with Gasteiger partial charge in [-0.2, -0.15) is 0 Å². The number of aliphatic hydroxyl groups excluding tert-OH is 1. The first-order valence-electron chi connectivity index (χ1n) is 17.3. The normalized spacial score (nSPS) is 22.3. The number of hydrogen-bond acceptors (Lipinski definition) is 12. The number of carbonyl (C=O) groups is 1. The molecule has 1 saturated heterocycles. The van der Waals surface area contributed by atoms with Crippen LogP contribution in [0.3, 0.4) is 0 Å². The van der Waals surface area contributed by atoms with E-state index in [-0.39, 0.29) is 54.3 Å². The van der Waals surface area contributed by atoms with Crippen LogP contribution in [0, 0.1) is 11.8 Å². The molecule has 48 heavy (non-hydrogen) atoms. The first kappa shape index (κ1) is 36.0. The predicted octanol–water partition coefficient (Wildman–Crippen LogP) is 2.09. The van der Waals surface area contributed by atoms with E-state index in [2.05, 4.69) is 21.3 Å². The molecule has 5 atom stereocenters. The van der Waals surface area contributed by atoms with Crippen LogP contribution in [0.1, 0.15) is 67.2 Å². The Morgan fingerprint density at radius 2 is 1.44 bits per heavy atom. The summed E-state index contributed by atoms with van der Waals surface area (Å²) in [6, 6.07) is 6.98. The van der Waals surface area contributed by atoms with Crippen molar-refractivity contribution in [1.82, 2.24) is 21.3 Å². The lowest BCUT2D eigenvalue weighted by Gasteiger charge is -2.41. The summed E-state index contributed by atoms with van der Waals surface area (Å²) in [4.78, 5) is 13.3. The van der Waals surface area contributed by atoms with Crippen molar-refractivity contribution in [1.29, 1.82) is 0 Å². The van der Waals surface area contributed by atoms with Crippen LogP contribution in [0.4, 0.5) is 0 Å². The lowest BCUT2D eigenvalue weighted by molar-refractivity contribution is -0.122. The Kier molecular flexibility index (Phi) is 13.4. The molecule has 0 bridgehead atoms. The van der Waals surface area contributed by atoms with E-state index >= 15 is 0 Å². The lowest BCUT2D eigenvalue weighted by atomic mass is 9.65. The number of phenols is 1. The van der Waals surface area contributed by atoms with E-state index in [0.29, 0.717) is 17.9 Å². The second-order valence-electron chi connectivity index (χ2n) is 12.7. The highest BCUT2D eigenvalue weighted by molar-refractivity contribution is 5.77. The van der Waals surface area contributed by atoms with Crippen molar-refractivity contribution in [2.45, 2.75) is 56.8 Å². The second kappa shape index (κ2) is 17.9. The average Bonchev–Trinajstić information content (AvgIpc) is 3.72. The Morgan fingerprint density at radius 3 is 2.04 bits per heavy atom. The number of carbonyl (C=O) groups excluding carboxylic acids is 1. The largest absolute Gasteiger partial charge is 0.502 e. The minimum absolute atomic E-state index is 0.0445. The number of hydrogen-bond donors (Lipinski definition) is 7. The van der Waals surface area contributed by atoms with Gasteiger partial charge in [-0.05, 0) is 119 Å². The summed E-state index contributed by atoms with van der Waals surface area (Å²) in [5, 5.41) is 35.4. The molecule has 0 radical (unpaired) electrons. The maximum Gasteiger partial charge on any atom is 0.231 e. The van der Waals surface area contributed by atoms with Gasteiger partial charge >= 0.3 is 0 Å². The Labute approximate surface area is 283 Å². The fraction of sp³-hybridized carbons (Fsp3) is 0.629. The molecule has 266 valence electrons. The molecular formula is C35H53N5O8. The summed E-state index contributed by atoms with van der Waals surface area (Å²) < 4.78 is 28.2. The number of fused-ring (bicyclic) bond motifs is 3. The highest BCUT2D eigenvalue weighted by Crippen LogP contribution is 2.56. The first-order valence-corrected chi connectivity index (χ1v) is 17.3. The number of methoxy groups -OCH3 is 2. The third-order valence-corrected chi connectivity index (χ3v) is 9.50. The Hall–Kier alpha value is -3.33. The molecule has 0 aromatic heterocycles. The molecule has 2 aromatic carbocycles. The van der Waals surface area contributed by atoms with Crippen molar-refractivity contribution in [3.05, 3.63) is 41.0 Å². The summed E-state index contributed by atoms with van der Waals surface area (Å²) in [5.41, 5.74) is 8.05. The van der Waals surface area contributed by atoms with E-state index in [0.717, 1.165) is 94.6 Å². The number of phenolic OH excluding ortho intramolecular Hbond substituents is 1. The van der Waals surface area contributed by atoms with Crippen molar-refractivity contribution < 1.29 is 38.7 Å². The summed E-state index contributed by atoms with van der Waals surface area (Å²) in [7, 11) is 2.96. The zero-order chi connectivity index (χ0) is 33.9. The quantitative estimate of drug-likeness (QED) is 0.102. The van der Waals surface area contributed by atoms with Crippen LogP contribution in [-0.4, -0.2) is 95.8 Å². The Morgan fingerprint density at radius 1 is 0.854 bits per heavy atom. The van der Waals surface area contributed by atoms with Gasteiger partial charge in [0.25, 0.3) is 0 Å². The third kappa shape index (κ3) is 8.63. The van der Waals surface area contributed by atoms with Crippen LogP contribution in [0.25, 0.3) is 0 Å². The van der Waals surface area contributed by atoms with Crippen LogP contribution in [-0.2, 0) is 9.53 Å². The van der Waals surface area contributed by atoms with E-state index in [1.165, 1.54) is 14.2 Å². The lowest BCUT2D eigenvalue weighted by Crippen LogP contribution is -2.43. The molecule has 1 amide bonds. The number of aromatic hydroxyl groups is 1. The van der Waals surface area contributed by atoms with Crippen LogP contribution in [0.5, 0.6) is 28.7 Å². The number of amides is 1. The maximum absolute atomic E-state index is 13.3. The van der Waals surface area contributed by atoms with Crippen molar-refractivity contribution in [2.24, 2.45) is 17.6 Å². The zero-order valence-electron chi connectivity index (χ0n) is 28.2. The van der Waals surface area contributed by atoms with Crippen molar-refractivity contribution in [3.63, 3.8) is 0 Å². The maximum atomic E-state index is 13.3. The number of rotatable bonds is 20. The summed E-state index contributed by atoms with van der Waals surface area (Å²) in [5.74, 6) is 0.624. The van der Waals surface area contributed by atoms with Gasteiger partial charge < -0.3 is 60.9 Å². The Bertz CT molecular complexity index is 1320. The smallest absolute Gasteiger partial charge is 0.231 e. The molecule has 1 fully saturated rings. The molecule has 1 aliphatic carbocycles. The van der Waals surface area contributed by atoms with Crippen molar-refractivity contribution in [2.75, 3.05) is 73.4 Å². The highest BCUT2D eigenvalue weighted by atomic mass is 16.7. The molecule has 0 saturated carbocycles. The zero-order valence-corrected chi connectivity index (χ0v) is 28.2. The number of ether oxygens (including phenoxy) is 5. The molecule has 3 aliphatic rings. The number of nitrogens with two attached hydrogens (primary N) is 1. The van der Waals surface area contributed by atoms with E-state index in [1.807, 2.05) is 12.1 Å². The average molecular weight is 672 g/mol. The molecule has 2 heterocycles. The number of unbranched alkanes of at least 4 members (excludes halogenated alkanes) is 1. The van der Waals surface area contributed by atoms with Gasteiger partial charge in [-0.15, -0.1) is 0 Å². The van der Waals surface area contributed by atoms with Crippen LogP contribution >= 0.6 is 0 Å². The number of aliphatic hydroxyl groups is 1. The minimum atomic E-state index is -1.06. The van der Waals surface area contributed by atoms with Gasteiger partial charge in [0.05, 0.1) is 26.9 Å². The fourth-order valence-corrected chi connectivity index (χ4v) is 7.06. The molecule has 0 spiro atoms. The summed E-state index contributed by atoms with van der Waals surface area (Å²) in [6.07, 6.45) is 4.18. The first-order chi connectivity index (χ1) is 23.5. The van der Waals surface area contributed by atoms with Gasteiger partial charge in [0, 0.05) is 24.2 Å². The molecular weight excluding hydrogens is 618 g/mol. The van der Waals surface area contributed by atoms with E-state index in [1.54, 1.807) is 12.1 Å². The second-order valence-corrected chi connectivity index (χ2v) is 12.7. The SMILES string of the molecule is COc1cc([C@@H]2c3cc4c(cc3[C@@H](NC(=O)CCCCNCCCNCCCNCCCN)[C@H]3COC(O)[C@H]23)OCO4)cc(OC)c1O. The molecule has 5 rings (SSSR count). The topological polar surface area (TPSA) is 178 Å². The molecule has 2 aliphatic heterocycles. The monoisotopic (exact) mass is 671 g/mol.